The van der Waals surface area contributed by atoms with E-state index in [0.29, 0.717) is 18.6 Å². The quantitative estimate of drug-likeness (QED) is 0.907. The fourth-order valence-corrected chi connectivity index (χ4v) is 2.53. The predicted molar refractivity (Wildman–Crippen MR) is 83.5 cm³/mol. The molecule has 0 aliphatic carbocycles. The second kappa shape index (κ2) is 7.25. The number of hydrogen-bond acceptors (Lipinski definition) is 4. The van der Waals surface area contributed by atoms with Gasteiger partial charge in [0.2, 0.25) is 0 Å². The van der Waals surface area contributed by atoms with Crippen LogP contribution in [0.5, 0.6) is 0 Å². The van der Waals surface area contributed by atoms with Crippen LogP contribution in [0.15, 0.2) is 12.1 Å². The summed E-state index contributed by atoms with van der Waals surface area (Å²) >= 11 is 6.23. The standard InChI is InChI=1S/C15H24ClN3O/c1-11(2)17-10-14-13(16)4-5-15(18-14)19(3)12-6-8-20-9-7-12/h4-5,11-12,17H,6-10H2,1-3H3. The summed E-state index contributed by atoms with van der Waals surface area (Å²) in [6.45, 7) is 6.61. The van der Waals surface area contributed by atoms with Crippen molar-refractivity contribution in [1.29, 1.82) is 0 Å². The highest BCUT2D eigenvalue weighted by molar-refractivity contribution is 6.31. The second-order valence-corrected chi connectivity index (χ2v) is 6.00. The molecule has 1 fully saturated rings. The van der Waals surface area contributed by atoms with Crippen molar-refractivity contribution in [3.8, 4) is 0 Å². The molecule has 0 spiro atoms. The summed E-state index contributed by atoms with van der Waals surface area (Å²) in [6.07, 6.45) is 2.11. The van der Waals surface area contributed by atoms with Gasteiger partial charge in [0.15, 0.2) is 0 Å². The van der Waals surface area contributed by atoms with Crippen molar-refractivity contribution < 1.29 is 4.74 Å². The third-order valence-corrected chi connectivity index (χ3v) is 4.03. The molecular weight excluding hydrogens is 274 g/mol. The van der Waals surface area contributed by atoms with Gasteiger partial charge >= 0.3 is 0 Å². The Morgan fingerprint density at radius 2 is 2.10 bits per heavy atom. The Kier molecular flexibility index (Phi) is 5.64. The fraction of sp³-hybridized carbons (Fsp3) is 0.667. The van der Waals surface area contributed by atoms with E-state index in [2.05, 4.69) is 31.1 Å². The van der Waals surface area contributed by atoms with Crippen molar-refractivity contribution in [2.24, 2.45) is 0 Å². The van der Waals surface area contributed by atoms with Crippen molar-refractivity contribution in [3.05, 3.63) is 22.8 Å². The largest absolute Gasteiger partial charge is 0.381 e. The molecule has 4 nitrogen and oxygen atoms in total. The molecule has 2 rings (SSSR count). The molecule has 5 heteroatoms. The normalized spacial score (nSPS) is 16.6. The summed E-state index contributed by atoms with van der Waals surface area (Å²) in [6, 6.07) is 4.86. The SMILES string of the molecule is CC(C)NCc1nc(N(C)C2CCOCC2)ccc1Cl. The molecule has 1 aliphatic rings. The summed E-state index contributed by atoms with van der Waals surface area (Å²) in [7, 11) is 2.10. The molecule has 2 heterocycles. The molecule has 0 unspecified atom stereocenters. The summed E-state index contributed by atoms with van der Waals surface area (Å²) in [5.41, 5.74) is 0.914. The number of halogens is 1. The molecule has 0 saturated carbocycles. The number of anilines is 1. The molecule has 1 saturated heterocycles. The fourth-order valence-electron chi connectivity index (χ4n) is 2.35. The van der Waals surface area contributed by atoms with E-state index in [1.165, 1.54) is 0 Å². The molecule has 0 radical (unpaired) electrons. The van der Waals surface area contributed by atoms with Crippen LogP contribution in [0.2, 0.25) is 5.02 Å². The van der Waals surface area contributed by atoms with E-state index in [1.807, 2.05) is 12.1 Å². The van der Waals surface area contributed by atoms with Crippen molar-refractivity contribution >= 4 is 17.4 Å². The van der Waals surface area contributed by atoms with E-state index in [0.717, 1.165) is 42.6 Å². The molecule has 1 aliphatic heterocycles. The number of pyridine rings is 1. The smallest absolute Gasteiger partial charge is 0.128 e. The van der Waals surface area contributed by atoms with E-state index in [1.54, 1.807) is 0 Å². The zero-order valence-electron chi connectivity index (χ0n) is 12.5. The Morgan fingerprint density at radius 3 is 2.75 bits per heavy atom. The van der Waals surface area contributed by atoms with Crippen LogP contribution < -0.4 is 10.2 Å². The average molecular weight is 298 g/mol. The number of hydrogen-bond donors (Lipinski definition) is 1. The lowest BCUT2D eigenvalue weighted by atomic mass is 10.1. The van der Waals surface area contributed by atoms with E-state index in [4.69, 9.17) is 21.3 Å². The Morgan fingerprint density at radius 1 is 1.40 bits per heavy atom. The van der Waals surface area contributed by atoms with Gasteiger partial charge < -0.3 is 15.0 Å². The topological polar surface area (TPSA) is 37.4 Å². The van der Waals surface area contributed by atoms with E-state index in [-0.39, 0.29) is 0 Å². The summed E-state index contributed by atoms with van der Waals surface area (Å²) < 4.78 is 5.42. The maximum atomic E-state index is 6.23. The molecule has 0 atom stereocenters. The molecule has 1 N–H and O–H groups in total. The molecule has 0 aromatic carbocycles. The first-order valence-corrected chi connectivity index (χ1v) is 7.65. The zero-order chi connectivity index (χ0) is 14.5. The van der Waals surface area contributed by atoms with Crippen LogP contribution in [0.1, 0.15) is 32.4 Å². The lowest BCUT2D eigenvalue weighted by Crippen LogP contribution is -2.37. The third-order valence-electron chi connectivity index (χ3n) is 3.68. The average Bonchev–Trinajstić information content (AvgIpc) is 2.46. The molecule has 112 valence electrons. The maximum absolute atomic E-state index is 6.23. The first-order valence-electron chi connectivity index (χ1n) is 7.27. The first-order chi connectivity index (χ1) is 9.58. The Hall–Kier alpha value is -0.840. The lowest BCUT2D eigenvalue weighted by molar-refractivity contribution is 0.0853. The molecule has 20 heavy (non-hydrogen) atoms. The van der Waals surface area contributed by atoms with Gasteiger partial charge in [0, 0.05) is 38.9 Å². The highest BCUT2D eigenvalue weighted by atomic mass is 35.5. The van der Waals surface area contributed by atoms with Crippen molar-refractivity contribution in [2.45, 2.75) is 45.3 Å². The molecular formula is C15H24ClN3O. The van der Waals surface area contributed by atoms with Crippen LogP contribution in [0.3, 0.4) is 0 Å². The van der Waals surface area contributed by atoms with Crippen LogP contribution in [-0.4, -0.2) is 37.3 Å². The second-order valence-electron chi connectivity index (χ2n) is 5.59. The third kappa shape index (κ3) is 4.08. The van der Waals surface area contributed by atoms with Gasteiger partial charge in [-0.3, -0.25) is 0 Å². The van der Waals surface area contributed by atoms with Gasteiger partial charge in [-0.25, -0.2) is 4.98 Å². The Bertz CT molecular complexity index is 433. The van der Waals surface area contributed by atoms with Crippen molar-refractivity contribution in [1.82, 2.24) is 10.3 Å². The first kappa shape index (κ1) is 15.5. The maximum Gasteiger partial charge on any atom is 0.128 e. The van der Waals surface area contributed by atoms with Gasteiger partial charge in [-0.05, 0) is 25.0 Å². The summed E-state index contributed by atoms with van der Waals surface area (Å²) in [5.74, 6) is 0.988. The number of nitrogens with zero attached hydrogens (tertiary/aromatic N) is 2. The number of aromatic nitrogens is 1. The Balaban J connectivity index is 2.08. The zero-order valence-corrected chi connectivity index (χ0v) is 13.3. The van der Waals surface area contributed by atoms with Crippen LogP contribution >= 0.6 is 11.6 Å². The minimum Gasteiger partial charge on any atom is -0.381 e. The van der Waals surface area contributed by atoms with Crippen LogP contribution in [0.25, 0.3) is 0 Å². The minimum atomic E-state index is 0.421. The molecule has 1 aromatic rings. The minimum absolute atomic E-state index is 0.421. The highest BCUT2D eigenvalue weighted by Crippen LogP contribution is 2.23. The van der Waals surface area contributed by atoms with E-state index in [9.17, 15) is 0 Å². The van der Waals surface area contributed by atoms with Gasteiger partial charge in [0.25, 0.3) is 0 Å². The van der Waals surface area contributed by atoms with Gasteiger partial charge in [0.05, 0.1) is 10.7 Å². The van der Waals surface area contributed by atoms with Crippen LogP contribution in [0, 0.1) is 0 Å². The van der Waals surface area contributed by atoms with Crippen LogP contribution in [0.4, 0.5) is 5.82 Å². The monoisotopic (exact) mass is 297 g/mol. The van der Waals surface area contributed by atoms with Crippen molar-refractivity contribution in [3.63, 3.8) is 0 Å². The van der Waals surface area contributed by atoms with Gasteiger partial charge in [-0.2, -0.15) is 0 Å². The molecule has 0 amide bonds. The number of nitrogens with one attached hydrogen (secondary N) is 1. The van der Waals surface area contributed by atoms with Gasteiger partial charge in [-0.15, -0.1) is 0 Å². The van der Waals surface area contributed by atoms with Gasteiger partial charge in [0.1, 0.15) is 5.82 Å². The lowest BCUT2D eigenvalue weighted by Gasteiger charge is -2.32. The summed E-state index contributed by atoms with van der Waals surface area (Å²) in [5, 5.41) is 4.09. The highest BCUT2D eigenvalue weighted by Gasteiger charge is 2.20. The summed E-state index contributed by atoms with van der Waals surface area (Å²) in [4.78, 5) is 6.96. The molecule has 1 aromatic heterocycles. The number of ether oxygens (including phenoxy) is 1. The number of rotatable bonds is 5. The Labute approximate surface area is 126 Å². The van der Waals surface area contributed by atoms with Gasteiger partial charge in [-0.1, -0.05) is 25.4 Å². The molecule has 0 bridgehead atoms. The predicted octanol–water partition coefficient (Wildman–Crippen LogP) is 2.85. The van der Waals surface area contributed by atoms with Crippen LogP contribution in [-0.2, 0) is 11.3 Å². The van der Waals surface area contributed by atoms with E-state index >= 15 is 0 Å². The van der Waals surface area contributed by atoms with E-state index < -0.39 is 0 Å². The van der Waals surface area contributed by atoms with Crippen molar-refractivity contribution in [2.75, 3.05) is 25.2 Å².